The molecule has 0 bridgehead atoms. The van der Waals surface area contributed by atoms with Crippen LogP contribution in [0.2, 0.25) is 0 Å². The number of hydrogen-bond donors (Lipinski definition) is 2. The Morgan fingerprint density at radius 2 is 1.69 bits per heavy atom. The minimum Gasteiger partial charge on any atom is -0.493 e. The van der Waals surface area contributed by atoms with E-state index >= 15 is 0 Å². The molecule has 9 nitrogen and oxygen atoms in total. The molecule has 0 atom stereocenters. The second-order valence-corrected chi connectivity index (χ2v) is 8.58. The van der Waals surface area contributed by atoms with Gasteiger partial charge in [0.15, 0.2) is 11.5 Å². The number of nitrogens with zero attached hydrogens (tertiary/aromatic N) is 3. The zero-order valence-electron chi connectivity index (χ0n) is 20.7. The Kier molecular flexibility index (Phi) is 7.24. The first-order valence-corrected chi connectivity index (χ1v) is 11.5. The Balaban J connectivity index is 1.42. The summed E-state index contributed by atoms with van der Waals surface area (Å²) < 4.78 is 16.1. The SMILES string of the molecule is COc1cc(NC(=O)N2CCc3nc(Nc4ccc(C(C)C)cc4)ncc3C2)cc(OC)c1OC. The van der Waals surface area contributed by atoms with Crippen molar-refractivity contribution < 1.29 is 19.0 Å². The van der Waals surface area contributed by atoms with Crippen LogP contribution in [-0.4, -0.2) is 48.8 Å². The fourth-order valence-corrected chi connectivity index (χ4v) is 3.99. The molecule has 0 radical (unpaired) electrons. The molecule has 1 aliphatic rings. The number of aromatic nitrogens is 2. The smallest absolute Gasteiger partial charge is 0.322 e. The van der Waals surface area contributed by atoms with Gasteiger partial charge in [-0.2, -0.15) is 0 Å². The maximum atomic E-state index is 13.0. The van der Waals surface area contributed by atoms with Crippen molar-refractivity contribution in [2.75, 3.05) is 38.5 Å². The lowest BCUT2D eigenvalue weighted by atomic mass is 10.0. The summed E-state index contributed by atoms with van der Waals surface area (Å²) in [5.41, 5.74) is 4.65. The highest BCUT2D eigenvalue weighted by molar-refractivity contribution is 5.90. The van der Waals surface area contributed by atoms with Crippen molar-refractivity contribution in [2.24, 2.45) is 0 Å². The van der Waals surface area contributed by atoms with Crippen LogP contribution in [0.1, 0.15) is 36.6 Å². The summed E-state index contributed by atoms with van der Waals surface area (Å²) in [6.07, 6.45) is 2.42. The zero-order chi connectivity index (χ0) is 24.9. The van der Waals surface area contributed by atoms with Crippen LogP contribution >= 0.6 is 0 Å². The number of carbonyl (C=O) groups excluding carboxylic acids is 1. The van der Waals surface area contributed by atoms with Crippen LogP contribution in [0.15, 0.2) is 42.6 Å². The molecular formula is C26H31N5O4. The molecule has 9 heteroatoms. The van der Waals surface area contributed by atoms with E-state index in [1.54, 1.807) is 23.2 Å². The van der Waals surface area contributed by atoms with Gasteiger partial charge in [-0.1, -0.05) is 26.0 Å². The average molecular weight is 478 g/mol. The van der Waals surface area contributed by atoms with Crippen LogP contribution in [-0.2, 0) is 13.0 Å². The Labute approximate surface area is 205 Å². The molecular weight excluding hydrogens is 446 g/mol. The van der Waals surface area contributed by atoms with Crippen molar-refractivity contribution in [1.29, 1.82) is 0 Å². The molecule has 1 aliphatic heterocycles. The maximum absolute atomic E-state index is 13.0. The fraction of sp³-hybridized carbons (Fsp3) is 0.346. The summed E-state index contributed by atoms with van der Waals surface area (Å²) in [5.74, 6) is 2.45. The fourth-order valence-electron chi connectivity index (χ4n) is 3.99. The molecule has 3 aromatic rings. The quantitative estimate of drug-likeness (QED) is 0.496. The van der Waals surface area contributed by atoms with E-state index in [9.17, 15) is 4.79 Å². The van der Waals surface area contributed by atoms with Crippen molar-refractivity contribution in [3.63, 3.8) is 0 Å². The van der Waals surface area contributed by atoms with Crippen LogP contribution in [0.4, 0.5) is 22.1 Å². The van der Waals surface area contributed by atoms with Gasteiger partial charge in [-0.3, -0.25) is 0 Å². The third-order valence-electron chi connectivity index (χ3n) is 5.97. The lowest BCUT2D eigenvalue weighted by molar-refractivity contribution is 0.206. The van der Waals surface area contributed by atoms with Crippen molar-refractivity contribution in [3.05, 3.63) is 59.4 Å². The summed E-state index contributed by atoms with van der Waals surface area (Å²) in [5, 5.41) is 6.19. The highest BCUT2D eigenvalue weighted by Gasteiger charge is 2.23. The standard InChI is InChI=1S/C26H31N5O4/c1-16(2)17-6-8-19(9-7-17)28-25-27-14-18-15-31(11-10-21(18)30-25)26(32)29-20-12-22(33-3)24(35-5)23(13-20)34-4/h6-9,12-14,16H,10-11,15H2,1-5H3,(H,29,32)(H,27,28,30). The first-order valence-electron chi connectivity index (χ1n) is 11.5. The molecule has 0 saturated heterocycles. The van der Waals surface area contributed by atoms with Gasteiger partial charge >= 0.3 is 6.03 Å². The van der Waals surface area contributed by atoms with Gasteiger partial charge in [-0.25, -0.2) is 14.8 Å². The molecule has 184 valence electrons. The Bertz CT molecular complexity index is 1170. The summed E-state index contributed by atoms with van der Waals surface area (Å²) in [7, 11) is 4.61. The summed E-state index contributed by atoms with van der Waals surface area (Å²) in [6, 6.07) is 11.5. The van der Waals surface area contributed by atoms with Crippen molar-refractivity contribution >= 4 is 23.4 Å². The number of ether oxygens (including phenoxy) is 3. The van der Waals surface area contributed by atoms with Gasteiger partial charge in [0, 0.05) is 42.5 Å². The summed E-state index contributed by atoms with van der Waals surface area (Å²) in [6.45, 7) is 5.31. The van der Waals surface area contributed by atoms with E-state index in [1.807, 2.05) is 12.1 Å². The van der Waals surface area contributed by atoms with E-state index in [0.29, 0.717) is 54.3 Å². The number of rotatable bonds is 7. The third kappa shape index (κ3) is 5.40. The predicted molar refractivity (Wildman–Crippen MR) is 135 cm³/mol. The van der Waals surface area contributed by atoms with E-state index in [0.717, 1.165) is 16.9 Å². The van der Waals surface area contributed by atoms with Crippen molar-refractivity contribution in [3.8, 4) is 17.2 Å². The summed E-state index contributed by atoms with van der Waals surface area (Å²) in [4.78, 5) is 23.8. The zero-order valence-corrected chi connectivity index (χ0v) is 20.7. The van der Waals surface area contributed by atoms with Gasteiger partial charge in [0.05, 0.1) is 39.3 Å². The molecule has 0 spiro atoms. The Hall–Kier alpha value is -4.01. The van der Waals surface area contributed by atoms with E-state index in [2.05, 4.69) is 46.6 Å². The third-order valence-corrected chi connectivity index (χ3v) is 5.97. The van der Waals surface area contributed by atoms with Crippen LogP contribution < -0.4 is 24.8 Å². The van der Waals surface area contributed by atoms with Gasteiger partial charge in [0.25, 0.3) is 0 Å². The highest BCUT2D eigenvalue weighted by atomic mass is 16.5. The number of anilines is 3. The van der Waals surface area contributed by atoms with Crippen LogP contribution in [0, 0.1) is 0 Å². The van der Waals surface area contributed by atoms with Crippen LogP contribution in [0.25, 0.3) is 0 Å². The maximum Gasteiger partial charge on any atom is 0.322 e. The molecule has 0 unspecified atom stereocenters. The molecule has 2 aromatic carbocycles. The average Bonchev–Trinajstić information content (AvgIpc) is 2.87. The van der Waals surface area contributed by atoms with E-state index in [1.165, 1.54) is 26.9 Å². The van der Waals surface area contributed by atoms with Gasteiger partial charge < -0.3 is 29.7 Å². The van der Waals surface area contributed by atoms with Gasteiger partial charge in [-0.05, 0) is 23.6 Å². The van der Waals surface area contributed by atoms with Crippen molar-refractivity contribution in [1.82, 2.24) is 14.9 Å². The molecule has 1 aromatic heterocycles. The monoisotopic (exact) mass is 477 g/mol. The van der Waals surface area contributed by atoms with E-state index in [4.69, 9.17) is 14.2 Å². The second kappa shape index (κ2) is 10.5. The van der Waals surface area contributed by atoms with Gasteiger partial charge in [0.2, 0.25) is 11.7 Å². The molecule has 0 aliphatic carbocycles. The first kappa shape index (κ1) is 24.1. The number of hydrogen-bond acceptors (Lipinski definition) is 7. The molecule has 2 N–H and O–H groups in total. The molecule has 0 saturated carbocycles. The highest BCUT2D eigenvalue weighted by Crippen LogP contribution is 2.40. The molecule has 4 rings (SSSR count). The number of fused-ring (bicyclic) bond motifs is 1. The van der Waals surface area contributed by atoms with Crippen LogP contribution in [0.5, 0.6) is 17.2 Å². The largest absolute Gasteiger partial charge is 0.493 e. The lowest BCUT2D eigenvalue weighted by Gasteiger charge is -2.28. The Morgan fingerprint density at radius 3 is 2.29 bits per heavy atom. The molecule has 2 amide bonds. The first-order chi connectivity index (χ1) is 16.9. The normalized spacial score (nSPS) is 12.7. The number of nitrogens with one attached hydrogen (secondary N) is 2. The van der Waals surface area contributed by atoms with Crippen molar-refractivity contribution in [2.45, 2.75) is 32.7 Å². The molecule has 2 heterocycles. The van der Waals surface area contributed by atoms with E-state index < -0.39 is 0 Å². The second-order valence-electron chi connectivity index (χ2n) is 8.58. The number of urea groups is 1. The summed E-state index contributed by atoms with van der Waals surface area (Å²) >= 11 is 0. The number of carbonyl (C=O) groups is 1. The lowest BCUT2D eigenvalue weighted by Crippen LogP contribution is -2.39. The minimum atomic E-state index is -0.225. The van der Waals surface area contributed by atoms with Gasteiger partial charge in [0.1, 0.15) is 0 Å². The number of methoxy groups -OCH3 is 3. The number of amides is 2. The molecule has 35 heavy (non-hydrogen) atoms. The van der Waals surface area contributed by atoms with E-state index in [-0.39, 0.29) is 6.03 Å². The van der Waals surface area contributed by atoms with Gasteiger partial charge in [-0.15, -0.1) is 0 Å². The Morgan fingerprint density at radius 1 is 1.00 bits per heavy atom. The molecule has 0 fully saturated rings. The topological polar surface area (TPSA) is 97.8 Å². The predicted octanol–water partition coefficient (Wildman–Crippen LogP) is 4.96. The number of benzene rings is 2. The minimum absolute atomic E-state index is 0.225. The van der Waals surface area contributed by atoms with Crippen LogP contribution in [0.3, 0.4) is 0 Å².